The molecule has 0 bridgehead atoms. The van der Waals surface area contributed by atoms with Gasteiger partial charge in [-0.3, -0.25) is 0 Å². The standard InChI is InChI=1S/C19H25F3N2O4S/c20-16-11-17(28-13-4-6-19(21,22)7-5-13)14(12-2-3-12)10-15(16)18(25)23-29(26,27)24-8-1-9-24/h10-13,18,23,25H,1-9H2. The molecule has 1 aromatic rings. The first-order valence-corrected chi connectivity index (χ1v) is 11.4. The van der Waals surface area contributed by atoms with E-state index in [0.717, 1.165) is 25.3 Å². The van der Waals surface area contributed by atoms with Gasteiger partial charge < -0.3 is 9.84 Å². The maximum atomic E-state index is 14.7. The SMILES string of the molecule is O=S(=O)(NC(O)c1cc(C2CC2)c(OC2CCC(F)(F)CC2)cc1F)N1CCC1. The Bertz CT molecular complexity index is 862. The van der Waals surface area contributed by atoms with Gasteiger partial charge in [0.1, 0.15) is 17.8 Å². The highest BCUT2D eigenvalue weighted by molar-refractivity contribution is 7.87. The van der Waals surface area contributed by atoms with Gasteiger partial charge in [0.05, 0.1) is 6.10 Å². The van der Waals surface area contributed by atoms with Crippen LogP contribution < -0.4 is 9.46 Å². The van der Waals surface area contributed by atoms with Crippen molar-refractivity contribution in [3.8, 4) is 5.75 Å². The molecule has 162 valence electrons. The highest BCUT2D eigenvalue weighted by Gasteiger charge is 2.37. The van der Waals surface area contributed by atoms with Crippen LogP contribution in [0.15, 0.2) is 12.1 Å². The van der Waals surface area contributed by atoms with Gasteiger partial charge in [0, 0.05) is 37.6 Å². The maximum Gasteiger partial charge on any atom is 0.281 e. The number of aliphatic hydroxyl groups excluding tert-OH is 1. The second kappa shape index (κ2) is 7.72. The molecule has 3 fully saturated rings. The lowest BCUT2D eigenvalue weighted by atomic mass is 9.94. The van der Waals surface area contributed by atoms with Gasteiger partial charge in [0.25, 0.3) is 10.2 Å². The van der Waals surface area contributed by atoms with E-state index >= 15 is 0 Å². The van der Waals surface area contributed by atoms with Gasteiger partial charge in [-0.1, -0.05) is 0 Å². The highest BCUT2D eigenvalue weighted by atomic mass is 32.2. The smallest absolute Gasteiger partial charge is 0.281 e. The number of hydrogen-bond donors (Lipinski definition) is 2. The van der Waals surface area contributed by atoms with Crippen molar-refractivity contribution in [1.29, 1.82) is 0 Å². The van der Waals surface area contributed by atoms with Crippen LogP contribution >= 0.6 is 0 Å². The number of nitrogens with zero attached hydrogens (tertiary/aromatic N) is 1. The molecule has 10 heteroatoms. The van der Waals surface area contributed by atoms with Gasteiger partial charge >= 0.3 is 0 Å². The van der Waals surface area contributed by atoms with Crippen LogP contribution in [0.3, 0.4) is 0 Å². The van der Waals surface area contributed by atoms with Crippen molar-refractivity contribution in [2.45, 2.75) is 69.1 Å². The molecular formula is C19H25F3N2O4S. The molecule has 0 amide bonds. The fourth-order valence-corrected chi connectivity index (χ4v) is 5.03. The molecule has 2 N–H and O–H groups in total. The third-order valence-electron chi connectivity index (χ3n) is 5.81. The fourth-order valence-electron chi connectivity index (χ4n) is 3.73. The van der Waals surface area contributed by atoms with E-state index in [9.17, 15) is 26.7 Å². The topological polar surface area (TPSA) is 78.9 Å². The molecule has 4 rings (SSSR count). The van der Waals surface area contributed by atoms with Gasteiger partial charge in [-0.15, -0.1) is 0 Å². The van der Waals surface area contributed by atoms with Crippen molar-refractivity contribution >= 4 is 10.2 Å². The molecule has 6 nitrogen and oxygen atoms in total. The summed E-state index contributed by atoms with van der Waals surface area (Å²) in [6.45, 7) is 0.732. The van der Waals surface area contributed by atoms with Crippen molar-refractivity contribution < 1.29 is 31.4 Å². The Morgan fingerprint density at radius 1 is 1.17 bits per heavy atom. The minimum atomic E-state index is -3.88. The van der Waals surface area contributed by atoms with Gasteiger partial charge in [-0.25, -0.2) is 13.2 Å². The maximum absolute atomic E-state index is 14.7. The summed E-state index contributed by atoms with van der Waals surface area (Å²) in [5.74, 6) is -3.05. The third kappa shape index (κ3) is 4.70. The molecule has 1 saturated heterocycles. The first kappa shape index (κ1) is 20.9. The van der Waals surface area contributed by atoms with E-state index < -0.39 is 34.3 Å². The second-order valence-corrected chi connectivity index (χ2v) is 9.84. The lowest BCUT2D eigenvalue weighted by Crippen LogP contribution is -2.49. The number of nitrogens with one attached hydrogen (secondary N) is 1. The minimum absolute atomic E-state index is 0.133. The number of rotatable bonds is 7. The molecule has 29 heavy (non-hydrogen) atoms. The van der Waals surface area contributed by atoms with Crippen molar-refractivity contribution in [2.75, 3.05) is 13.1 Å². The molecule has 0 radical (unpaired) electrons. The molecule has 1 heterocycles. The number of hydrogen-bond acceptors (Lipinski definition) is 4. The fraction of sp³-hybridized carbons (Fsp3) is 0.684. The largest absolute Gasteiger partial charge is 0.490 e. The van der Waals surface area contributed by atoms with E-state index in [1.807, 2.05) is 0 Å². The average molecular weight is 434 g/mol. The Kier molecular flexibility index (Phi) is 5.56. The van der Waals surface area contributed by atoms with E-state index in [1.54, 1.807) is 0 Å². The number of halogens is 3. The summed E-state index contributed by atoms with van der Waals surface area (Å²) < 4.78 is 74.9. The summed E-state index contributed by atoms with van der Waals surface area (Å²) in [6.07, 6.45) is 0.239. The number of benzene rings is 1. The monoisotopic (exact) mass is 434 g/mol. The van der Waals surface area contributed by atoms with Crippen molar-refractivity contribution in [3.05, 3.63) is 29.1 Å². The molecule has 1 aliphatic heterocycles. The van der Waals surface area contributed by atoms with Gasteiger partial charge in [0.2, 0.25) is 5.92 Å². The Labute approximate surface area is 168 Å². The zero-order valence-electron chi connectivity index (χ0n) is 15.9. The van der Waals surface area contributed by atoms with Crippen LogP contribution in [0.25, 0.3) is 0 Å². The lowest BCUT2D eigenvalue weighted by molar-refractivity contribution is -0.0584. The van der Waals surface area contributed by atoms with Gasteiger partial charge in [-0.05, 0) is 49.7 Å². The van der Waals surface area contributed by atoms with E-state index in [-0.39, 0.29) is 37.2 Å². The number of aliphatic hydroxyl groups is 1. The van der Waals surface area contributed by atoms with Crippen LogP contribution in [0.4, 0.5) is 13.2 Å². The summed E-state index contributed by atoms with van der Waals surface area (Å²) in [7, 11) is -3.88. The van der Waals surface area contributed by atoms with Crippen LogP contribution in [-0.4, -0.2) is 42.9 Å². The summed E-state index contributed by atoms with van der Waals surface area (Å²) in [5, 5.41) is 10.3. The summed E-state index contributed by atoms with van der Waals surface area (Å²) in [5.41, 5.74) is 0.513. The first-order chi connectivity index (χ1) is 13.6. The molecule has 0 aromatic heterocycles. The van der Waals surface area contributed by atoms with E-state index in [2.05, 4.69) is 4.72 Å². The van der Waals surface area contributed by atoms with E-state index in [1.165, 1.54) is 10.4 Å². The Morgan fingerprint density at radius 2 is 1.83 bits per heavy atom. The van der Waals surface area contributed by atoms with Crippen molar-refractivity contribution in [1.82, 2.24) is 9.03 Å². The number of alkyl halides is 2. The third-order valence-corrected chi connectivity index (χ3v) is 7.38. The van der Waals surface area contributed by atoms with E-state index in [0.29, 0.717) is 24.4 Å². The van der Waals surface area contributed by atoms with Crippen LogP contribution in [0, 0.1) is 5.82 Å². The predicted octanol–water partition coefficient (Wildman–Crippen LogP) is 3.19. The second-order valence-electron chi connectivity index (χ2n) is 8.14. The molecule has 1 aromatic carbocycles. The summed E-state index contributed by atoms with van der Waals surface area (Å²) >= 11 is 0. The van der Waals surface area contributed by atoms with Crippen LogP contribution in [-0.2, 0) is 10.2 Å². The number of ether oxygens (including phenoxy) is 1. The summed E-state index contributed by atoms with van der Waals surface area (Å²) in [6, 6.07) is 2.57. The Balaban J connectivity index is 1.52. The van der Waals surface area contributed by atoms with Gasteiger partial charge in [0.15, 0.2) is 0 Å². The van der Waals surface area contributed by atoms with E-state index in [4.69, 9.17) is 4.74 Å². The molecule has 2 aliphatic carbocycles. The van der Waals surface area contributed by atoms with Gasteiger partial charge in [-0.2, -0.15) is 17.4 Å². The lowest BCUT2D eigenvalue weighted by Gasteiger charge is -2.31. The zero-order valence-corrected chi connectivity index (χ0v) is 16.7. The predicted molar refractivity (Wildman–Crippen MR) is 99.4 cm³/mol. The van der Waals surface area contributed by atoms with Crippen LogP contribution in [0.2, 0.25) is 0 Å². The van der Waals surface area contributed by atoms with Crippen molar-refractivity contribution in [2.24, 2.45) is 0 Å². The quantitative estimate of drug-likeness (QED) is 0.646. The van der Waals surface area contributed by atoms with Crippen LogP contribution in [0.5, 0.6) is 5.75 Å². The molecule has 1 atom stereocenters. The van der Waals surface area contributed by atoms with Crippen molar-refractivity contribution in [3.63, 3.8) is 0 Å². The summed E-state index contributed by atoms with van der Waals surface area (Å²) in [4.78, 5) is 0. The molecule has 2 saturated carbocycles. The normalized spacial score (nSPS) is 24.1. The Morgan fingerprint density at radius 3 is 2.38 bits per heavy atom. The highest BCUT2D eigenvalue weighted by Crippen LogP contribution is 2.46. The molecule has 1 unspecified atom stereocenters. The zero-order chi connectivity index (χ0) is 20.8. The van der Waals surface area contributed by atoms with Crippen LogP contribution in [0.1, 0.15) is 68.2 Å². The molecular weight excluding hydrogens is 409 g/mol. The first-order valence-electron chi connectivity index (χ1n) is 9.98. The Hall–Kier alpha value is -1.36. The average Bonchev–Trinajstić information content (AvgIpc) is 3.39. The molecule has 3 aliphatic rings. The molecule has 0 spiro atoms. The minimum Gasteiger partial charge on any atom is -0.490 e.